The Morgan fingerprint density at radius 2 is 1.80 bits per heavy atom. The van der Waals surface area contributed by atoms with Gasteiger partial charge in [-0.05, 0) is 31.2 Å². The number of hydrogen-bond acceptors (Lipinski definition) is 6. The van der Waals surface area contributed by atoms with Crippen LogP contribution >= 0.6 is 23.2 Å². The van der Waals surface area contributed by atoms with Crippen LogP contribution in [0.4, 0.5) is 0 Å². The summed E-state index contributed by atoms with van der Waals surface area (Å²) < 4.78 is 15.8. The van der Waals surface area contributed by atoms with Crippen LogP contribution in [0.2, 0.25) is 10.0 Å². The van der Waals surface area contributed by atoms with Crippen LogP contribution in [0.1, 0.15) is 33.4 Å². The molecule has 0 atom stereocenters. The number of fused-ring (bicyclic) bond motifs is 1. The van der Waals surface area contributed by atoms with Crippen LogP contribution in [0, 0.1) is 0 Å². The van der Waals surface area contributed by atoms with E-state index in [1.807, 2.05) is 0 Å². The number of furan rings is 1. The molecule has 3 aromatic rings. The summed E-state index contributed by atoms with van der Waals surface area (Å²) in [4.78, 5) is 36.4. The van der Waals surface area contributed by atoms with Gasteiger partial charge in [0.1, 0.15) is 18.7 Å². The highest BCUT2D eigenvalue weighted by molar-refractivity contribution is 6.42. The average Bonchev–Trinajstić information content (AvgIpc) is 3.11. The van der Waals surface area contributed by atoms with E-state index in [4.69, 9.17) is 37.1 Å². The van der Waals surface area contributed by atoms with Crippen LogP contribution in [0.5, 0.6) is 0 Å². The Bertz CT molecular complexity index is 1110. The van der Waals surface area contributed by atoms with Gasteiger partial charge >= 0.3 is 11.9 Å². The average molecular weight is 450 g/mol. The molecule has 0 aliphatic carbocycles. The summed E-state index contributed by atoms with van der Waals surface area (Å²) in [6, 6.07) is 11.3. The quantitative estimate of drug-likeness (QED) is 0.537. The molecule has 0 aliphatic heterocycles. The highest BCUT2D eigenvalue weighted by Gasteiger charge is 2.22. The molecule has 156 valence electrons. The highest BCUT2D eigenvalue weighted by atomic mass is 35.5. The maximum Gasteiger partial charge on any atom is 0.374 e. The van der Waals surface area contributed by atoms with Gasteiger partial charge in [0, 0.05) is 10.9 Å². The number of benzene rings is 2. The van der Waals surface area contributed by atoms with Gasteiger partial charge in [-0.15, -0.1) is 0 Å². The number of carbonyl (C=O) groups excluding carboxylic acids is 3. The summed E-state index contributed by atoms with van der Waals surface area (Å²) >= 11 is 11.7. The first kappa shape index (κ1) is 21.7. The first-order valence-electron chi connectivity index (χ1n) is 8.97. The molecule has 1 heterocycles. The number of para-hydroxylation sites is 1. The van der Waals surface area contributed by atoms with Gasteiger partial charge in [-0.3, -0.25) is 9.59 Å². The van der Waals surface area contributed by atoms with Gasteiger partial charge in [0.05, 0.1) is 22.2 Å². The third-order valence-corrected chi connectivity index (χ3v) is 4.85. The minimum absolute atomic E-state index is 0.0225. The highest BCUT2D eigenvalue weighted by Crippen LogP contribution is 2.27. The van der Waals surface area contributed by atoms with E-state index in [0.29, 0.717) is 21.6 Å². The molecular formula is C21H17Cl2NO6. The van der Waals surface area contributed by atoms with E-state index in [1.165, 1.54) is 18.2 Å². The third kappa shape index (κ3) is 4.93. The van der Waals surface area contributed by atoms with Crippen LogP contribution in [-0.2, 0) is 20.9 Å². The van der Waals surface area contributed by atoms with E-state index < -0.39 is 17.8 Å². The van der Waals surface area contributed by atoms with Gasteiger partial charge in [-0.1, -0.05) is 41.4 Å². The van der Waals surface area contributed by atoms with E-state index in [-0.39, 0.29) is 36.1 Å². The lowest BCUT2D eigenvalue weighted by Crippen LogP contribution is -2.30. The number of ether oxygens (including phenoxy) is 2. The Labute approximate surface area is 181 Å². The topological polar surface area (TPSA) is 94.8 Å². The summed E-state index contributed by atoms with van der Waals surface area (Å²) in [7, 11) is 0. The molecule has 9 heteroatoms. The van der Waals surface area contributed by atoms with Crippen molar-refractivity contribution in [3.63, 3.8) is 0 Å². The number of carbonyl (C=O) groups is 3. The van der Waals surface area contributed by atoms with Crippen molar-refractivity contribution in [1.82, 2.24) is 5.32 Å². The van der Waals surface area contributed by atoms with Crippen molar-refractivity contribution >= 4 is 52.0 Å². The number of esters is 2. The minimum atomic E-state index is -0.691. The van der Waals surface area contributed by atoms with Gasteiger partial charge in [0.25, 0.3) is 5.91 Å². The number of hydrogen-bond donors (Lipinski definition) is 1. The normalized spacial score (nSPS) is 10.6. The molecule has 30 heavy (non-hydrogen) atoms. The van der Waals surface area contributed by atoms with Crippen molar-refractivity contribution in [3.05, 3.63) is 69.4 Å². The smallest absolute Gasteiger partial charge is 0.374 e. The summed E-state index contributed by atoms with van der Waals surface area (Å²) in [6.45, 7) is 1.27. The molecule has 0 saturated carbocycles. The molecule has 3 rings (SSSR count). The Kier molecular flexibility index (Phi) is 6.97. The van der Waals surface area contributed by atoms with Crippen molar-refractivity contribution in [2.24, 2.45) is 0 Å². The lowest BCUT2D eigenvalue weighted by atomic mass is 10.1. The molecule has 0 fully saturated rings. The van der Waals surface area contributed by atoms with Crippen molar-refractivity contribution < 1.29 is 28.3 Å². The Hall–Kier alpha value is -3.03. The van der Waals surface area contributed by atoms with Crippen LogP contribution in [0.15, 0.2) is 46.9 Å². The molecule has 7 nitrogen and oxygen atoms in total. The van der Waals surface area contributed by atoms with Gasteiger partial charge in [0.2, 0.25) is 5.76 Å². The fourth-order valence-electron chi connectivity index (χ4n) is 2.70. The van der Waals surface area contributed by atoms with E-state index in [0.717, 1.165) is 0 Å². The molecule has 0 unspecified atom stereocenters. The molecule has 1 N–H and O–H groups in total. The molecule has 0 aliphatic rings. The van der Waals surface area contributed by atoms with Crippen LogP contribution in [-0.4, -0.2) is 31.0 Å². The van der Waals surface area contributed by atoms with Gasteiger partial charge in [0.15, 0.2) is 0 Å². The summed E-state index contributed by atoms with van der Waals surface area (Å²) in [6.07, 6.45) is 0. The summed E-state index contributed by atoms with van der Waals surface area (Å²) in [5.74, 6) is -1.87. The maximum absolute atomic E-state index is 12.2. The van der Waals surface area contributed by atoms with Crippen LogP contribution in [0.25, 0.3) is 11.0 Å². The lowest BCUT2D eigenvalue weighted by molar-refractivity contribution is -0.143. The standard InChI is InChI=1S/C21H17Cl2NO6/c1-2-28-21(27)19-14(13-5-3-4-6-17(13)30-19)11-29-18(25)10-24-20(26)12-7-8-15(22)16(23)9-12/h3-9H,2,10-11H2,1H3,(H,24,26). The fourth-order valence-corrected chi connectivity index (χ4v) is 3.00. The molecule has 0 bridgehead atoms. The van der Waals surface area contributed by atoms with E-state index >= 15 is 0 Å². The molecular weight excluding hydrogens is 433 g/mol. The fraction of sp³-hybridized carbons (Fsp3) is 0.190. The molecule has 1 amide bonds. The monoisotopic (exact) mass is 449 g/mol. The third-order valence-electron chi connectivity index (χ3n) is 4.11. The van der Waals surface area contributed by atoms with Gasteiger partial charge in [-0.2, -0.15) is 0 Å². The second kappa shape index (κ2) is 9.65. The van der Waals surface area contributed by atoms with E-state index in [2.05, 4.69) is 5.32 Å². The first-order valence-corrected chi connectivity index (χ1v) is 9.72. The Balaban J connectivity index is 1.65. The maximum atomic E-state index is 12.2. The van der Waals surface area contributed by atoms with Gasteiger partial charge < -0.3 is 19.2 Å². The SMILES string of the molecule is CCOC(=O)c1oc2ccccc2c1COC(=O)CNC(=O)c1ccc(Cl)c(Cl)c1. The molecule has 0 radical (unpaired) electrons. The second-order valence-electron chi connectivity index (χ2n) is 6.10. The van der Waals surface area contributed by atoms with Gasteiger partial charge in [-0.25, -0.2) is 4.79 Å². The molecule has 2 aromatic carbocycles. The van der Waals surface area contributed by atoms with E-state index in [9.17, 15) is 14.4 Å². The zero-order chi connectivity index (χ0) is 21.7. The first-order chi connectivity index (χ1) is 14.4. The largest absolute Gasteiger partial charge is 0.460 e. The number of amides is 1. The van der Waals surface area contributed by atoms with Crippen molar-refractivity contribution in [3.8, 4) is 0 Å². The summed E-state index contributed by atoms with van der Waals surface area (Å²) in [5.41, 5.74) is 1.12. The lowest BCUT2D eigenvalue weighted by Gasteiger charge is -2.08. The number of rotatable bonds is 7. The van der Waals surface area contributed by atoms with Crippen molar-refractivity contribution in [2.45, 2.75) is 13.5 Å². The van der Waals surface area contributed by atoms with E-state index in [1.54, 1.807) is 31.2 Å². The number of halogens is 2. The van der Waals surface area contributed by atoms with Crippen LogP contribution in [0.3, 0.4) is 0 Å². The Morgan fingerprint density at radius 3 is 2.53 bits per heavy atom. The molecule has 0 spiro atoms. The predicted molar refractivity (Wildman–Crippen MR) is 111 cm³/mol. The Morgan fingerprint density at radius 1 is 1.03 bits per heavy atom. The number of nitrogens with one attached hydrogen (secondary N) is 1. The predicted octanol–water partition coefficient (Wildman–Crippen LogP) is 4.39. The zero-order valence-corrected chi connectivity index (χ0v) is 17.4. The minimum Gasteiger partial charge on any atom is -0.460 e. The summed E-state index contributed by atoms with van der Waals surface area (Å²) in [5, 5.41) is 3.62. The van der Waals surface area contributed by atoms with Crippen LogP contribution < -0.4 is 5.32 Å². The van der Waals surface area contributed by atoms with Crippen molar-refractivity contribution in [1.29, 1.82) is 0 Å². The molecule has 0 saturated heterocycles. The van der Waals surface area contributed by atoms with Crippen molar-refractivity contribution in [2.75, 3.05) is 13.2 Å². The molecule has 1 aromatic heterocycles. The second-order valence-corrected chi connectivity index (χ2v) is 6.91. The zero-order valence-electron chi connectivity index (χ0n) is 15.9.